The number of nitrogens with zero attached hydrogens (tertiary/aromatic N) is 5. The number of sulfonamides is 1. The van der Waals surface area contributed by atoms with Gasteiger partial charge in [0.15, 0.2) is 0 Å². The molecule has 5 rings (SSSR count). The van der Waals surface area contributed by atoms with E-state index in [2.05, 4.69) is 26.2 Å². The number of hydrogen-bond acceptors (Lipinski definition) is 8. The van der Waals surface area contributed by atoms with E-state index in [4.69, 9.17) is 5.73 Å². The lowest BCUT2D eigenvalue weighted by Gasteiger charge is -2.37. The number of carbonyl (C=O) groups excluding carboxylic acids is 1. The minimum atomic E-state index is -3.70. The van der Waals surface area contributed by atoms with Gasteiger partial charge in [0.05, 0.1) is 40.3 Å². The van der Waals surface area contributed by atoms with E-state index < -0.39 is 21.0 Å². The Kier molecular flexibility index (Phi) is 7.76. The lowest BCUT2D eigenvalue weighted by Crippen LogP contribution is -2.45. The van der Waals surface area contributed by atoms with Gasteiger partial charge in [-0.25, -0.2) is 22.6 Å². The van der Waals surface area contributed by atoms with Gasteiger partial charge in [-0.2, -0.15) is 5.26 Å². The number of anilines is 2. The Balaban J connectivity index is 1.36. The third-order valence-corrected chi connectivity index (χ3v) is 9.03. The van der Waals surface area contributed by atoms with Crippen molar-refractivity contribution < 1.29 is 13.2 Å². The van der Waals surface area contributed by atoms with Gasteiger partial charge in [0.1, 0.15) is 0 Å². The van der Waals surface area contributed by atoms with Gasteiger partial charge in [-0.3, -0.25) is 9.69 Å². The van der Waals surface area contributed by atoms with Crippen LogP contribution >= 0.6 is 0 Å². The van der Waals surface area contributed by atoms with Crippen molar-refractivity contribution in [3.63, 3.8) is 0 Å². The van der Waals surface area contributed by atoms with E-state index in [1.165, 1.54) is 0 Å². The molecule has 1 aliphatic rings. The van der Waals surface area contributed by atoms with E-state index in [0.29, 0.717) is 37.4 Å². The summed E-state index contributed by atoms with van der Waals surface area (Å²) in [6.45, 7) is 6.86. The molecule has 0 spiro atoms. The molecule has 4 aromatic rings. The van der Waals surface area contributed by atoms with Gasteiger partial charge in [0, 0.05) is 29.9 Å². The molecule has 2 aromatic carbocycles. The second kappa shape index (κ2) is 11.2. The molecule has 1 saturated heterocycles. The first-order valence-electron chi connectivity index (χ1n) is 13.7. The maximum atomic E-state index is 12.9. The second-order valence-electron chi connectivity index (χ2n) is 11.7. The summed E-state index contributed by atoms with van der Waals surface area (Å²) >= 11 is 0. The summed E-state index contributed by atoms with van der Waals surface area (Å²) in [6.07, 6.45) is 2.93. The van der Waals surface area contributed by atoms with Gasteiger partial charge in [-0.1, -0.05) is 24.3 Å². The molecule has 0 bridgehead atoms. The van der Waals surface area contributed by atoms with Gasteiger partial charge in [0.25, 0.3) is 0 Å². The summed E-state index contributed by atoms with van der Waals surface area (Å²) < 4.78 is 30.2. The van der Waals surface area contributed by atoms with E-state index in [0.717, 1.165) is 22.5 Å². The fraction of sp³-hybridized carbons (Fsp3) is 0.333. The Morgan fingerprint density at radius 2 is 1.81 bits per heavy atom. The van der Waals surface area contributed by atoms with Gasteiger partial charge < -0.3 is 11.1 Å². The summed E-state index contributed by atoms with van der Waals surface area (Å²) in [5.74, 6) is -0.00202. The summed E-state index contributed by atoms with van der Waals surface area (Å²) in [5.41, 5.74) is 7.96. The first-order valence-corrected chi connectivity index (χ1v) is 15.1. The minimum absolute atomic E-state index is 0.172. The zero-order valence-corrected chi connectivity index (χ0v) is 24.6. The van der Waals surface area contributed by atoms with Crippen molar-refractivity contribution in [2.45, 2.75) is 49.5 Å². The zero-order chi connectivity index (χ0) is 30.1. The van der Waals surface area contributed by atoms with Crippen molar-refractivity contribution in [2.75, 3.05) is 25.0 Å². The molecule has 4 N–H and O–H groups in total. The van der Waals surface area contributed by atoms with Crippen molar-refractivity contribution in [2.24, 2.45) is 5.73 Å². The van der Waals surface area contributed by atoms with Crippen molar-refractivity contribution in [3.8, 4) is 17.3 Å². The number of nitrogens with one attached hydrogen (secondary N) is 2. The van der Waals surface area contributed by atoms with Crippen LogP contribution in [0.5, 0.6) is 0 Å². The lowest BCUT2D eigenvalue weighted by atomic mass is 9.74. The largest absolute Gasteiger partial charge is 0.369 e. The third-order valence-electron chi connectivity index (χ3n) is 7.28. The van der Waals surface area contributed by atoms with Crippen LogP contribution in [0.2, 0.25) is 0 Å². The summed E-state index contributed by atoms with van der Waals surface area (Å²) in [6, 6.07) is 20.7. The Morgan fingerprint density at radius 3 is 2.45 bits per heavy atom. The van der Waals surface area contributed by atoms with E-state index >= 15 is 0 Å². The molecule has 42 heavy (non-hydrogen) atoms. The highest BCUT2D eigenvalue weighted by molar-refractivity contribution is 7.89. The normalized spacial score (nSPS) is 15.8. The van der Waals surface area contributed by atoms with Crippen LogP contribution in [0, 0.1) is 11.3 Å². The smallest absolute Gasteiger partial charge is 0.245 e. The van der Waals surface area contributed by atoms with Crippen LogP contribution in [-0.4, -0.2) is 59.0 Å². The maximum Gasteiger partial charge on any atom is 0.245 e. The van der Waals surface area contributed by atoms with Crippen LogP contribution in [0.4, 0.5) is 11.6 Å². The van der Waals surface area contributed by atoms with Crippen LogP contribution in [0.15, 0.2) is 71.8 Å². The SMILES string of the molecule is CC(C)(C)NS(=O)(=O)c1cccc(-c2ccc3cnc(Nc4ccc(C5(C#N)CCN(CC(N)=O)CC5)cc4)nn23)c1. The number of rotatable bonds is 8. The Labute approximate surface area is 245 Å². The highest BCUT2D eigenvalue weighted by Gasteiger charge is 2.36. The van der Waals surface area contributed by atoms with Gasteiger partial charge in [0.2, 0.25) is 21.9 Å². The number of fused-ring (bicyclic) bond motifs is 1. The number of carbonyl (C=O) groups is 1. The molecular formula is C30H34N8O3S. The molecule has 2 aromatic heterocycles. The fourth-order valence-electron chi connectivity index (χ4n) is 5.24. The molecule has 0 aliphatic carbocycles. The number of hydrogen-bond donors (Lipinski definition) is 3. The molecule has 0 radical (unpaired) electrons. The van der Waals surface area contributed by atoms with Gasteiger partial charge in [-0.15, -0.1) is 5.10 Å². The number of nitriles is 1. The molecule has 3 heterocycles. The first-order chi connectivity index (χ1) is 19.9. The Bertz CT molecular complexity index is 1760. The monoisotopic (exact) mass is 586 g/mol. The summed E-state index contributed by atoms with van der Waals surface area (Å²) in [4.78, 5) is 17.9. The number of piperidine rings is 1. The van der Waals surface area contributed by atoms with Crippen LogP contribution < -0.4 is 15.8 Å². The van der Waals surface area contributed by atoms with Crippen LogP contribution in [0.25, 0.3) is 16.8 Å². The van der Waals surface area contributed by atoms with E-state index in [1.807, 2.05) is 47.4 Å². The van der Waals surface area contributed by atoms with E-state index in [1.54, 1.807) is 49.7 Å². The number of benzene rings is 2. The topological polar surface area (TPSA) is 159 Å². The predicted molar refractivity (Wildman–Crippen MR) is 160 cm³/mol. The second-order valence-corrected chi connectivity index (χ2v) is 13.3. The predicted octanol–water partition coefficient (Wildman–Crippen LogP) is 3.56. The first kappa shape index (κ1) is 29.2. The molecule has 0 unspecified atom stereocenters. The van der Waals surface area contributed by atoms with Crippen molar-refractivity contribution in [1.82, 2.24) is 24.2 Å². The van der Waals surface area contributed by atoms with Crippen LogP contribution in [-0.2, 0) is 20.2 Å². The van der Waals surface area contributed by atoms with E-state index in [-0.39, 0.29) is 17.3 Å². The maximum absolute atomic E-state index is 12.9. The standard InChI is InChI=1S/C30H34N8O3S/c1-29(2,3)36-42(40,41)25-6-4-5-21(17-25)26-12-11-24-18-33-28(35-38(24)26)34-23-9-7-22(8-10-23)30(20-31)13-15-37(16-14-30)19-27(32)39/h4-12,17-18,36H,13-16,19H2,1-3H3,(H2,32,39)(H,34,35). The molecule has 0 atom stereocenters. The zero-order valence-electron chi connectivity index (χ0n) is 23.8. The van der Waals surface area contributed by atoms with Crippen LogP contribution in [0.1, 0.15) is 39.2 Å². The highest BCUT2D eigenvalue weighted by atomic mass is 32.2. The minimum Gasteiger partial charge on any atom is -0.369 e. The molecule has 1 fully saturated rings. The van der Waals surface area contributed by atoms with Gasteiger partial charge >= 0.3 is 0 Å². The molecule has 11 nitrogen and oxygen atoms in total. The molecule has 0 saturated carbocycles. The van der Waals surface area contributed by atoms with Crippen molar-refractivity contribution in [1.29, 1.82) is 5.26 Å². The highest BCUT2D eigenvalue weighted by Crippen LogP contribution is 2.35. The summed E-state index contributed by atoms with van der Waals surface area (Å²) in [7, 11) is -3.70. The number of primary amides is 1. The van der Waals surface area contributed by atoms with Crippen molar-refractivity contribution >= 4 is 33.1 Å². The quantitative estimate of drug-likeness (QED) is 0.283. The fourth-order valence-corrected chi connectivity index (χ4v) is 6.71. The number of nitrogens with two attached hydrogens (primary N) is 1. The van der Waals surface area contributed by atoms with Gasteiger partial charge in [-0.05, 0) is 75.6 Å². The van der Waals surface area contributed by atoms with Crippen molar-refractivity contribution in [3.05, 3.63) is 72.4 Å². The average molecular weight is 587 g/mol. The lowest BCUT2D eigenvalue weighted by molar-refractivity contribution is -0.119. The number of aromatic nitrogens is 3. The molecule has 218 valence electrons. The molecular weight excluding hydrogens is 552 g/mol. The Hall–Kier alpha value is -4.31. The summed E-state index contributed by atoms with van der Waals surface area (Å²) in [5, 5.41) is 17.9. The molecule has 1 aliphatic heterocycles. The number of likely N-dealkylation sites (tertiary alicyclic amines) is 1. The Morgan fingerprint density at radius 1 is 1.10 bits per heavy atom. The number of amides is 1. The van der Waals surface area contributed by atoms with Crippen LogP contribution in [0.3, 0.4) is 0 Å². The average Bonchev–Trinajstić information content (AvgIpc) is 3.36. The van der Waals surface area contributed by atoms with E-state index in [9.17, 15) is 18.5 Å². The third kappa shape index (κ3) is 6.28. The molecule has 1 amide bonds. The molecule has 12 heteroatoms.